The molecule has 2 heterocycles. The van der Waals surface area contributed by atoms with E-state index in [1.54, 1.807) is 11.6 Å². The molecule has 1 saturated carbocycles. The largest absolute Gasteiger partial charge is 0.393 e. The first-order chi connectivity index (χ1) is 10.6. The summed E-state index contributed by atoms with van der Waals surface area (Å²) >= 11 is 1.47. The van der Waals surface area contributed by atoms with Gasteiger partial charge in [0, 0.05) is 29.7 Å². The van der Waals surface area contributed by atoms with Crippen molar-refractivity contribution in [2.45, 2.75) is 38.3 Å². The molecule has 0 saturated heterocycles. The molecule has 1 unspecified atom stereocenters. The van der Waals surface area contributed by atoms with E-state index in [1.165, 1.54) is 11.3 Å². The van der Waals surface area contributed by atoms with Crippen molar-refractivity contribution < 1.29 is 9.90 Å². The summed E-state index contributed by atoms with van der Waals surface area (Å²) < 4.78 is 0. The van der Waals surface area contributed by atoms with Gasteiger partial charge in [0.1, 0.15) is 5.69 Å². The second-order valence-electron chi connectivity index (χ2n) is 5.74. The summed E-state index contributed by atoms with van der Waals surface area (Å²) in [5.74, 6) is 0.146. The van der Waals surface area contributed by atoms with Crippen LogP contribution in [0.5, 0.6) is 0 Å². The number of aliphatic hydroxyl groups excluding tert-OH is 1. The van der Waals surface area contributed by atoms with Gasteiger partial charge in [0.2, 0.25) is 0 Å². The number of aliphatic hydroxyl groups is 1. The number of hydrogen-bond donors (Lipinski definition) is 2. The van der Waals surface area contributed by atoms with Gasteiger partial charge in [-0.05, 0) is 37.8 Å². The van der Waals surface area contributed by atoms with Crippen molar-refractivity contribution in [3.8, 4) is 0 Å². The zero-order chi connectivity index (χ0) is 15.5. The van der Waals surface area contributed by atoms with Gasteiger partial charge in [0.05, 0.1) is 11.1 Å². The fourth-order valence-electron chi connectivity index (χ4n) is 2.75. The molecule has 0 spiro atoms. The molecule has 0 radical (unpaired) electrons. The van der Waals surface area contributed by atoms with Crippen LogP contribution < -0.4 is 5.32 Å². The van der Waals surface area contributed by atoms with Crippen LogP contribution in [0.15, 0.2) is 29.8 Å². The molecule has 1 fully saturated rings. The van der Waals surface area contributed by atoms with Gasteiger partial charge in [0.25, 0.3) is 5.91 Å². The Morgan fingerprint density at radius 2 is 2.32 bits per heavy atom. The Labute approximate surface area is 133 Å². The molecule has 116 valence electrons. The first kappa shape index (κ1) is 15.1. The summed E-state index contributed by atoms with van der Waals surface area (Å²) in [6.07, 6.45) is 3.65. The van der Waals surface area contributed by atoms with Gasteiger partial charge in [-0.25, -0.2) is 4.98 Å². The van der Waals surface area contributed by atoms with Crippen LogP contribution in [-0.2, 0) is 6.42 Å². The topological polar surface area (TPSA) is 75.1 Å². The molecule has 1 aliphatic carbocycles. The monoisotopic (exact) mass is 317 g/mol. The molecule has 1 aliphatic rings. The highest BCUT2D eigenvalue weighted by Crippen LogP contribution is 2.31. The molecule has 2 aromatic heterocycles. The highest BCUT2D eigenvalue weighted by molar-refractivity contribution is 7.09. The van der Waals surface area contributed by atoms with Crippen LogP contribution in [0.4, 0.5) is 0 Å². The number of nitrogens with one attached hydrogen (secondary N) is 1. The molecular formula is C16H19N3O2S. The van der Waals surface area contributed by atoms with Crippen molar-refractivity contribution in [2.75, 3.05) is 0 Å². The van der Waals surface area contributed by atoms with Crippen molar-refractivity contribution in [2.24, 2.45) is 5.92 Å². The normalized spacial score (nSPS) is 21.9. The molecule has 5 nitrogen and oxygen atoms in total. The minimum Gasteiger partial charge on any atom is -0.393 e. The van der Waals surface area contributed by atoms with Crippen LogP contribution in [-0.4, -0.2) is 33.1 Å². The number of hydrogen-bond acceptors (Lipinski definition) is 5. The highest BCUT2D eigenvalue weighted by Gasteiger charge is 2.35. The number of nitrogens with zero attached hydrogens (tertiary/aromatic N) is 2. The zero-order valence-electron chi connectivity index (χ0n) is 12.4. The number of aryl methyl sites for hydroxylation is 1. The van der Waals surface area contributed by atoms with Crippen molar-refractivity contribution >= 4 is 17.2 Å². The average molecular weight is 317 g/mol. The van der Waals surface area contributed by atoms with E-state index in [0.717, 1.165) is 23.5 Å². The Bertz CT molecular complexity index is 638. The molecule has 3 rings (SSSR count). The predicted octanol–water partition coefficient (Wildman–Crippen LogP) is 1.96. The van der Waals surface area contributed by atoms with E-state index < -0.39 is 0 Å². The Morgan fingerprint density at radius 3 is 2.91 bits per heavy atom. The summed E-state index contributed by atoms with van der Waals surface area (Å²) in [6, 6.07) is 5.76. The highest BCUT2D eigenvalue weighted by atomic mass is 32.1. The minimum absolute atomic E-state index is 0.0205. The van der Waals surface area contributed by atoms with Crippen LogP contribution >= 0.6 is 11.3 Å². The molecule has 2 aromatic rings. The quantitative estimate of drug-likeness (QED) is 0.884. The van der Waals surface area contributed by atoms with Crippen molar-refractivity contribution in [1.29, 1.82) is 0 Å². The van der Waals surface area contributed by atoms with Crippen LogP contribution in [0.2, 0.25) is 0 Å². The zero-order valence-corrected chi connectivity index (χ0v) is 13.2. The number of aromatic nitrogens is 2. The van der Waals surface area contributed by atoms with Gasteiger partial charge in [-0.3, -0.25) is 9.78 Å². The van der Waals surface area contributed by atoms with Gasteiger partial charge in [0.15, 0.2) is 0 Å². The lowest BCUT2D eigenvalue weighted by Gasteiger charge is -2.37. The van der Waals surface area contributed by atoms with Crippen LogP contribution in [0, 0.1) is 12.8 Å². The summed E-state index contributed by atoms with van der Waals surface area (Å²) in [4.78, 5) is 20.9. The fourth-order valence-corrected chi connectivity index (χ4v) is 3.34. The van der Waals surface area contributed by atoms with Gasteiger partial charge < -0.3 is 10.4 Å². The molecule has 6 heteroatoms. The van der Waals surface area contributed by atoms with E-state index in [2.05, 4.69) is 15.3 Å². The number of carbonyl (C=O) groups is 1. The summed E-state index contributed by atoms with van der Waals surface area (Å²) in [7, 11) is 0. The third-order valence-electron chi connectivity index (χ3n) is 4.04. The minimum atomic E-state index is -0.241. The van der Waals surface area contributed by atoms with Gasteiger partial charge in [-0.2, -0.15) is 0 Å². The van der Waals surface area contributed by atoms with Crippen molar-refractivity contribution in [3.05, 3.63) is 46.2 Å². The summed E-state index contributed by atoms with van der Waals surface area (Å²) in [5.41, 5.74) is 1.41. The molecule has 0 aliphatic heterocycles. The molecular weight excluding hydrogens is 298 g/mol. The maximum absolute atomic E-state index is 12.3. The van der Waals surface area contributed by atoms with Gasteiger partial charge in [-0.1, -0.05) is 6.07 Å². The first-order valence-corrected chi connectivity index (χ1v) is 8.30. The lowest BCUT2D eigenvalue weighted by molar-refractivity contribution is 0.0237. The van der Waals surface area contributed by atoms with Crippen LogP contribution in [0.3, 0.4) is 0 Å². The molecule has 1 atom stereocenters. The van der Waals surface area contributed by atoms with E-state index in [0.29, 0.717) is 18.0 Å². The van der Waals surface area contributed by atoms with Crippen LogP contribution in [0.1, 0.15) is 34.0 Å². The second kappa shape index (κ2) is 6.54. The maximum Gasteiger partial charge on any atom is 0.270 e. The number of thiazole rings is 1. The second-order valence-corrected chi connectivity index (χ2v) is 6.80. The van der Waals surface area contributed by atoms with Crippen molar-refractivity contribution in [1.82, 2.24) is 15.3 Å². The predicted molar refractivity (Wildman–Crippen MR) is 84.8 cm³/mol. The van der Waals surface area contributed by atoms with Crippen LogP contribution in [0.25, 0.3) is 0 Å². The molecule has 0 bridgehead atoms. The lowest BCUT2D eigenvalue weighted by atomic mass is 9.76. The fraction of sp³-hybridized carbons (Fsp3) is 0.438. The number of carbonyl (C=O) groups excluding carboxylic acids is 1. The summed E-state index contributed by atoms with van der Waals surface area (Å²) in [5, 5.41) is 15.3. The number of rotatable bonds is 5. The van der Waals surface area contributed by atoms with Gasteiger partial charge in [-0.15, -0.1) is 11.3 Å². The third kappa shape index (κ3) is 3.51. The molecule has 0 aromatic carbocycles. The Balaban J connectivity index is 1.69. The van der Waals surface area contributed by atoms with E-state index >= 15 is 0 Å². The van der Waals surface area contributed by atoms with E-state index in [-0.39, 0.29) is 18.1 Å². The third-order valence-corrected chi connectivity index (χ3v) is 4.82. The number of pyridine rings is 1. The smallest absolute Gasteiger partial charge is 0.270 e. The van der Waals surface area contributed by atoms with E-state index in [9.17, 15) is 9.90 Å². The van der Waals surface area contributed by atoms with Gasteiger partial charge >= 0.3 is 0 Å². The summed E-state index contributed by atoms with van der Waals surface area (Å²) in [6.45, 7) is 1.88. The maximum atomic E-state index is 12.3. The molecule has 22 heavy (non-hydrogen) atoms. The molecule has 1 amide bonds. The van der Waals surface area contributed by atoms with Crippen molar-refractivity contribution in [3.63, 3.8) is 0 Å². The molecule has 2 N–H and O–H groups in total. The SMILES string of the molecule is Cc1nc(C(=O)NC(Cc2ccccn2)C2CC(O)C2)cs1. The Hall–Kier alpha value is -1.79. The van der Waals surface area contributed by atoms with E-state index in [1.807, 2.05) is 25.1 Å². The Kier molecular flexibility index (Phi) is 4.49. The first-order valence-electron chi connectivity index (χ1n) is 7.43. The Morgan fingerprint density at radius 1 is 1.50 bits per heavy atom. The standard InChI is InChI=1S/C16H19N3O2S/c1-10-18-15(9-22-10)16(21)19-14(11-6-13(20)7-11)8-12-4-2-3-5-17-12/h2-5,9,11,13-14,20H,6-8H2,1H3,(H,19,21). The average Bonchev–Trinajstić information content (AvgIpc) is 2.91. The van der Waals surface area contributed by atoms with E-state index in [4.69, 9.17) is 0 Å². The lowest BCUT2D eigenvalue weighted by Crippen LogP contribution is -2.48. The number of amides is 1.